The third kappa shape index (κ3) is 3.43. The minimum atomic E-state index is -0.770. The molecule has 0 bridgehead atoms. The molecule has 0 spiro atoms. The van der Waals surface area contributed by atoms with Gasteiger partial charge in [0.05, 0.1) is 19.1 Å². The molecule has 16 heavy (non-hydrogen) atoms. The molecule has 5 nitrogen and oxygen atoms in total. The molecule has 0 aromatic carbocycles. The van der Waals surface area contributed by atoms with Crippen LogP contribution in [0.25, 0.3) is 0 Å². The van der Waals surface area contributed by atoms with Crippen molar-refractivity contribution in [2.24, 2.45) is 11.8 Å². The lowest BCUT2D eigenvalue weighted by molar-refractivity contribution is -0.143. The lowest BCUT2D eigenvalue weighted by atomic mass is 10.0. The van der Waals surface area contributed by atoms with Crippen molar-refractivity contribution in [3.63, 3.8) is 0 Å². The van der Waals surface area contributed by atoms with Gasteiger partial charge in [-0.25, -0.2) is 0 Å². The SMILES string of the molecule is COCC(C)CN(C)C1COCC1C(=O)O. The number of ether oxygens (including phenoxy) is 2. The maximum absolute atomic E-state index is 11.0. The van der Waals surface area contributed by atoms with Crippen LogP contribution in [-0.4, -0.2) is 62.5 Å². The Morgan fingerprint density at radius 2 is 2.31 bits per heavy atom. The molecule has 5 heteroatoms. The molecule has 0 radical (unpaired) electrons. The van der Waals surface area contributed by atoms with Crippen molar-refractivity contribution in [2.75, 3.05) is 40.5 Å². The third-order valence-corrected chi connectivity index (χ3v) is 2.98. The van der Waals surface area contributed by atoms with Crippen molar-refractivity contribution in [3.8, 4) is 0 Å². The summed E-state index contributed by atoms with van der Waals surface area (Å²) in [5.74, 6) is -0.779. The molecule has 1 aliphatic heterocycles. The zero-order chi connectivity index (χ0) is 12.1. The smallest absolute Gasteiger partial charge is 0.310 e. The fourth-order valence-electron chi connectivity index (χ4n) is 2.18. The maximum Gasteiger partial charge on any atom is 0.310 e. The van der Waals surface area contributed by atoms with Gasteiger partial charge >= 0.3 is 5.97 Å². The predicted molar refractivity (Wildman–Crippen MR) is 59.4 cm³/mol. The summed E-state index contributed by atoms with van der Waals surface area (Å²) in [4.78, 5) is 13.1. The molecule has 0 amide bonds. The van der Waals surface area contributed by atoms with Crippen LogP contribution < -0.4 is 0 Å². The van der Waals surface area contributed by atoms with Gasteiger partial charge in [0, 0.05) is 26.3 Å². The average molecular weight is 231 g/mol. The fraction of sp³-hybridized carbons (Fsp3) is 0.909. The lowest BCUT2D eigenvalue weighted by Gasteiger charge is -2.28. The predicted octanol–water partition coefficient (Wildman–Crippen LogP) is 0.300. The molecule has 3 atom stereocenters. The van der Waals surface area contributed by atoms with Crippen molar-refractivity contribution in [1.29, 1.82) is 0 Å². The summed E-state index contributed by atoms with van der Waals surface area (Å²) >= 11 is 0. The van der Waals surface area contributed by atoms with E-state index in [0.717, 1.165) is 6.54 Å². The van der Waals surface area contributed by atoms with E-state index in [1.165, 1.54) is 0 Å². The summed E-state index contributed by atoms with van der Waals surface area (Å²) < 4.78 is 10.3. The molecule has 1 rings (SSSR count). The van der Waals surface area contributed by atoms with Gasteiger partial charge < -0.3 is 14.6 Å². The molecule has 94 valence electrons. The van der Waals surface area contributed by atoms with Gasteiger partial charge in [0.15, 0.2) is 0 Å². The summed E-state index contributed by atoms with van der Waals surface area (Å²) in [6.45, 7) is 4.43. The minimum Gasteiger partial charge on any atom is -0.481 e. The van der Waals surface area contributed by atoms with Gasteiger partial charge in [-0.05, 0) is 13.0 Å². The van der Waals surface area contributed by atoms with Crippen molar-refractivity contribution in [1.82, 2.24) is 4.90 Å². The van der Waals surface area contributed by atoms with E-state index in [9.17, 15) is 4.79 Å². The normalized spacial score (nSPS) is 27.2. The standard InChI is InChI=1S/C11H21NO4/c1-8(5-15-3)4-12(2)10-7-16-6-9(10)11(13)14/h8-10H,4-7H2,1-3H3,(H,13,14). The van der Waals surface area contributed by atoms with Gasteiger partial charge in [0.1, 0.15) is 0 Å². The van der Waals surface area contributed by atoms with Crippen LogP contribution in [0.5, 0.6) is 0 Å². The maximum atomic E-state index is 11.0. The van der Waals surface area contributed by atoms with Crippen molar-refractivity contribution in [2.45, 2.75) is 13.0 Å². The molecular formula is C11H21NO4. The summed E-state index contributed by atoms with van der Waals surface area (Å²) in [5, 5.41) is 9.04. The first-order valence-electron chi connectivity index (χ1n) is 5.56. The first-order valence-corrected chi connectivity index (χ1v) is 5.56. The Balaban J connectivity index is 2.46. The zero-order valence-electron chi connectivity index (χ0n) is 10.2. The molecule has 0 saturated carbocycles. The summed E-state index contributed by atoms with van der Waals surface area (Å²) in [6.07, 6.45) is 0. The number of rotatable bonds is 6. The molecule has 0 aromatic rings. The molecule has 0 aliphatic carbocycles. The molecular weight excluding hydrogens is 210 g/mol. The van der Waals surface area contributed by atoms with Crippen LogP contribution in [0.1, 0.15) is 6.92 Å². The van der Waals surface area contributed by atoms with Gasteiger partial charge in [0.2, 0.25) is 0 Å². The highest BCUT2D eigenvalue weighted by atomic mass is 16.5. The van der Waals surface area contributed by atoms with E-state index in [-0.39, 0.29) is 6.04 Å². The average Bonchev–Trinajstić information content (AvgIpc) is 2.65. The number of methoxy groups -OCH3 is 1. The second-order valence-electron chi connectivity index (χ2n) is 4.55. The Bertz CT molecular complexity index is 234. The number of aliphatic carboxylic acids is 1. The van der Waals surface area contributed by atoms with E-state index < -0.39 is 11.9 Å². The summed E-state index contributed by atoms with van der Waals surface area (Å²) in [6, 6.07) is -0.0168. The van der Waals surface area contributed by atoms with E-state index in [0.29, 0.717) is 25.7 Å². The third-order valence-electron chi connectivity index (χ3n) is 2.98. The molecule has 0 aromatic heterocycles. The Kier molecular flexibility index (Phi) is 5.18. The largest absolute Gasteiger partial charge is 0.481 e. The van der Waals surface area contributed by atoms with Crippen molar-refractivity contribution >= 4 is 5.97 Å². The highest BCUT2D eigenvalue weighted by molar-refractivity contribution is 5.71. The van der Waals surface area contributed by atoms with Crippen LogP contribution in [0.3, 0.4) is 0 Å². The Morgan fingerprint density at radius 1 is 1.62 bits per heavy atom. The van der Waals surface area contributed by atoms with Crippen LogP contribution in [0.15, 0.2) is 0 Å². The molecule has 1 N–H and O–H groups in total. The number of carboxylic acids is 1. The highest BCUT2D eigenvalue weighted by Gasteiger charge is 2.36. The number of nitrogens with zero attached hydrogens (tertiary/aromatic N) is 1. The topological polar surface area (TPSA) is 59.0 Å². The monoisotopic (exact) mass is 231 g/mol. The van der Waals surface area contributed by atoms with Gasteiger partial charge in [-0.3, -0.25) is 9.69 Å². The first-order chi connectivity index (χ1) is 7.56. The van der Waals surface area contributed by atoms with E-state index >= 15 is 0 Å². The van der Waals surface area contributed by atoms with Gasteiger partial charge in [-0.1, -0.05) is 6.92 Å². The molecule has 3 unspecified atom stereocenters. The summed E-state index contributed by atoms with van der Waals surface area (Å²) in [5.41, 5.74) is 0. The lowest BCUT2D eigenvalue weighted by Crippen LogP contribution is -2.43. The second-order valence-corrected chi connectivity index (χ2v) is 4.55. The zero-order valence-corrected chi connectivity index (χ0v) is 10.2. The molecule has 1 heterocycles. The van der Waals surface area contributed by atoms with Crippen LogP contribution in [0.4, 0.5) is 0 Å². The molecule has 1 aliphatic rings. The fourth-order valence-corrected chi connectivity index (χ4v) is 2.18. The first kappa shape index (κ1) is 13.4. The minimum absolute atomic E-state index is 0.0168. The van der Waals surface area contributed by atoms with Crippen LogP contribution >= 0.6 is 0 Å². The van der Waals surface area contributed by atoms with Gasteiger partial charge in [-0.2, -0.15) is 0 Å². The van der Waals surface area contributed by atoms with Crippen molar-refractivity contribution in [3.05, 3.63) is 0 Å². The van der Waals surface area contributed by atoms with Crippen molar-refractivity contribution < 1.29 is 19.4 Å². The van der Waals surface area contributed by atoms with Crippen LogP contribution in [0.2, 0.25) is 0 Å². The summed E-state index contributed by atoms with van der Waals surface area (Å²) in [7, 11) is 3.62. The van der Waals surface area contributed by atoms with E-state index in [1.807, 2.05) is 7.05 Å². The molecule has 1 saturated heterocycles. The van der Waals surface area contributed by atoms with Crippen LogP contribution in [0, 0.1) is 11.8 Å². The Hall–Kier alpha value is -0.650. The second kappa shape index (κ2) is 6.18. The highest BCUT2D eigenvalue weighted by Crippen LogP contribution is 2.19. The Morgan fingerprint density at radius 3 is 2.88 bits per heavy atom. The number of hydrogen-bond donors (Lipinski definition) is 1. The molecule has 1 fully saturated rings. The van der Waals surface area contributed by atoms with E-state index in [4.69, 9.17) is 14.6 Å². The Labute approximate surface area is 96.3 Å². The van der Waals surface area contributed by atoms with Gasteiger partial charge in [0.25, 0.3) is 0 Å². The number of carboxylic acid groups (broad SMARTS) is 1. The van der Waals surface area contributed by atoms with Crippen LogP contribution in [-0.2, 0) is 14.3 Å². The quantitative estimate of drug-likeness (QED) is 0.712. The van der Waals surface area contributed by atoms with E-state index in [2.05, 4.69) is 11.8 Å². The van der Waals surface area contributed by atoms with E-state index in [1.54, 1.807) is 7.11 Å². The van der Waals surface area contributed by atoms with Gasteiger partial charge in [-0.15, -0.1) is 0 Å². The number of carbonyl (C=O) groups is 1. The number of likely N-dealkylation sites (N-methyl/N-ethyl adjacent to an activating group) is 1. The number of hydrogen-bond acceptors (Lipinski definition) is 4.